The Morgan fingerprint density at radius 2 is 1.81 bits per heavy atom. The molecule has 0 fully saturated rings. The van der Waals surface area contributed by atoms with Crippen LogP contribution in [0.25, 0.3) is 11.0 Å². The second kappa shape index (κ2) is 8.94. The van der Waals surface area contributed by atoms with Crippen molar-refractivity contribution in [2.24, 2.45) is 0 Å². The standard InChI is InChI=1S/C22H23N3O2/c1-2-15-23-21(26)13-12-19-22(27)25(16-14-17-8-4-3-5-9-17)20-11-7-6-10-18(20)24-19/h2-11H,1,12-16H2,(H,23,26). The topological polar surface area (TPSA) is 64.0 Å². The fraction of sp³-hybridized carbons (Fsp3) is 0.227. The molecule has 1 amide bonds. The maximum absolute atomic E-state index is 13.0. The van der Waals surface area contributed by atoms with Crippen LogP contribution in [-0.4, -0.2) is 22.0 Å². The molecular weight excluding hydrogens is 338 g/mol. The molecular formula is C22H23N3O2. The highest BCUT2D eigenvalue weighted by Gasteiger charge is 2.12. The van der Waals surface area contributed by atoms with Gasteiger partial charge in [0, 0.05) is 25.9 Å². The summed E-state index contributed by atoms with van der Waals surface area (Å²) in [4.78, 5) is 29.3. The van der Waals surface area contributed by atoms with Crippen molar-refractivity contribution in [1.82, 2.24) is 14.9 Å². The third-order valence-corrected chi connectivity index (χ3v) is 4.42. The minimum atomic E-state index is -0.124. The van der Waals surface area contributed by atoms with E-state index < -0.39 is 0 Å². The maximum atomic E-state index is 13.0. The van der Waals surface area contributed by atoms with Crippen LogP contribution in [0.3, 0.4) is 0 Å². The number of benzene rings is 2. The van der Waals surface area contributed by atoms with Crippen LogP contribution in [0.5, 0.6) is 0 Å². The van der Waals surface area contributed by atoms with Crippen molar-refractivity contribution in [3.8, 4) is 0 Å². The van der Waals surface area contributed by atoms with Gasteiger partial charge in [-0.15, -0.1) is 6.58 Å². The molecule has 5 nitrogen and oxygen atoms in total. The number of nitrogens with zero attached hydrogens (tertiary/aromatic N) is 2. The Morgan fingerprint density at radius 1 is 1.07 bits per heavy atom. The lowest BCUT2D eigenvalue weighted by Crippen LogP contribution is -2.29. The van der Waals surface area contributed by atoms with Crippen molar-refractivity contribution in [3.05, 3.63) is 88.9 Å². The predicted octanol–water partition coefficient (Wildman–Crippen LogP) is 2.87. The predicted molar refractivity (Wildman–Crippen MR) is 108 cm³/mol. The molecule has 2 aromatic carbocycles. The Balaban J connectivity index is 1.86. The van der Waals surface area contributed by atoms with Gasteiger partial charge in [-0.25, -0.2) is 4.98 Å². The van der Waals surface area contributed by atoms with Crippen LogP contribution in [0.1, 0.15) is 17.7 Å². The van der Waals surface area contributed by atoms with Crippen molar-refractivity contribution in [2.45, 2.75) is 25.8 Å². The van der Waals surface area contributed by atoms with E-state index in [9.17, 15) is 9.59 Å². The number of fused-ring (bicyclic) bond motifs is 1. The summed E-state index contributed by atoms with van der Waals surface area (Å²) in [7, 11) is 0. The Bertz CT molecular complexity index is 993. The number of hydrogen-bond acceptors (Lipinski definition) is 3. The third kappa shape index (κ3) is 4.70. The van der Waals surface area contributed by atoms with Gasteiger partial charge in [0.25, 0.3) is 5.56 Å². The van der Waals surface area contributed by atoms with Gasteiger partial charge in [-0.1, -0.05) is 48.5 Å². The quantitative estimate of drug-likeness (QED) is 0.628. The summed E-state index contributed by atoms with van der Waals surface area (Å²) in [6, 6.07) is 17.7. The van der Waals surface area contributed by atoms with E-state index in [0.29, 0.717) is 25.2 Å². The van der Waals surface area contributed by atoms with E-state index in [4.69, 9.17) is 0 Å². The van der Waals surface area contributed by atoms with Gasteiger partial charge < -0.3 is 9.88 Å². The molecule has 0 unspecified atom stereocenters. The first-order chi connectivity index (χ1) is 13.2. The van der Waals surface area contributed by atoms with Gasteiger partial charge in [0.1, 0.15) is 5.69 Å². The Hall–Kier alpha value is -3.21. The van der Waals surface area contributed by atoms with Crippen LogP contribution in [0.15, 0.2) is 72.0 Å². The Kier molecular flexibility index (Phi) is 6.15. The number of carbonyl (C=O) groups excluding carboxylic acids is 1. The SMILES string of the molecule is C=CCNC(=O)CCc1nc2ccccc2n(CCc2ccccc2)c1=O. The summed E-state index contributed by atoms with van der Waals surface area (Å²) in [6.45, 7) is 4.57. The van der Waals surface area contributed by atoms with E-state index in [2.05, 4.69) is 29.0 Å². The summed E-state index contributed by atoms with van der Waals surface area (Å²) in [5, 5.41) is 2.73. The number of carbonyl (C=O) groups is 1. The lowest BCUT2D eigenvalue weighted by Gasteiger charge is -2.12. The minimum absolute atomic E-state index is 0.111. The molecule has 0 bridgehead atoms. The molecule has 3 rings (SSSR count). The summed E-state index contributed by atoms with van der Waals surface area (Å²) in [6.07, 6.45) is 2.93. The summed E-state index contributed by atoms with van der Waals surface area (Å²) < 4.78 is 1.77. The number of hydrogen-bond donors (Lipinski definition) is 1. The van der Waals surface area contributed by atoms with E-state index >= 15 is 0 Å². The molecule has 0 atom stereocenters. The number of nitrogens with one attached hydrogen (secondary N) is 1. The normalized spacial score (nSPS) is 10.7. The second-order valence-corrected chi connectivity index (χ2v) is 6.33. The van der Waals surface area contributed by atoms with Crippen molar-refractivity contribution >= 4 is 16.9 Å². The van der Waals surface area contributed by atoms with Crippen molar-refractivity contribution < 1.29 is 4.79 Å². The number of para-hydroxylation sites is 2. The molecule has 0 radical (unpaired) electrons. The average Bonchev–Trinajstić information content (AvgIpc) is 2.71. The first-order valence-corrected chi connectivity index (χ1v) is 9.09. The monoisotopic (exact) mass is 361 g/mol. The lowest BCUT2D eigenvalue weighted by atomic mass is 10.1. The van der Waals surface area contributed by atoms with E-state index in [1.54, 1.807) is 10.6 Å². The molecule has 1 N–H and O–H groups in total. The van der Waals surface area contributed by atoms with Crippen LogP contribution in [0.2, 0.25) is 0 Å². The van der Waals surface area contributed by atoms with Crippen molar-refractivity contribution in [2.75, 3.05) is 6.54 Å². The van der Waals surface area contributed by atoms with Crippen LogP contribution in [0, 0.1) is 0 Å². The van der Waals surface area contributed by atoms with E-state index in [0.717, 1.165) is 17.5 Å². The minimum Gasteiger partial charge on any atom is -0.353 e. The average molecular weight is 361 g/mol. The zero-order chi connectivity index (χ0) is 19.1. The van der Waals surface area contributed by atoms with Gasteiger partial charge >= 0.3 is 0 Å². The molecule has 0 aliphatic rings. The van der Waals surface area contributed by atoms with Gasteiger partial charge in [-0.3, -0.25) is 9.59 Å². The third-order valence-electron chi connectivity index (χ3n) is 4.42. The molecule has 5 heteroatoms. The van der Waals surface area contributed by atoms with Gasteiger partial charge in [0.2, 0.25) is 5.91 Å². The molecule has 0 aliphatic heterocycles. The van der Waals surface area contributed by atoms with E-state index in [1.807, 2.05) is 42.5 Å². The molecule has 0 saturated heterocycles. The first-order valence-electron chi connectivity index (χ1n) is 9.09. The van der Waals surface area contributed by atoms with Crippen LogP contribution in [0.4, 0.5) is 0 Å². The number of rotatable bonds is 8. The molecule has 138 valence electrons. The zero-order valence-corrected chi connectivity index (χ0v) is 15.2. The number of aromatic nitrogens is 2. The fourth-order valence-electron chi connectivity index (χ4n) is 3.02. The van der Waals surface area contributed by atoms with Gasteiger partial charge in [0.05, 0.1) is 11.0 Å². The Morgan fingerprint density at radius 3 is 2.59 bits per heavy atom. The Labute approximate surface area is 158 Å². The van der Waals surface area contributed by atoms with Gasteiger partial charge in [-0.05, 0) is 24.1 Å². The molecule has 27 heavy (non-hydrogen) atoms. The van der Waals surface area contributed by atoms with Crippen LogP contribution >= 0.6 is 0 Å². The highest BCUT2D eigenvalue weighted by molar-refractivity contribution is 5.77. The molecule has 0 aliphatic carbocycles. The second-order valence-electron chi connectivity index (χ2n) is 6.33. The van der Waals surface area contributed by atoms with Crippen LogP contribution in [-0.2, 0) is 24.2 Å². The van der Waals surface area contributed by atoms with Gasteiger partial charge in [-0.2, -0.15) is 0 Å². The molecule has 1 heterocycles. The number of aryl methyl sites for hydroxylation is 3. The highest BCUT2D eigenvalue weighted by atomic mass is 16.1. The van der Waals surface area contributed by atoms with E-state index in [-0.39, 0.29) is 17.9 Å². The van der Waals surface area contributed by atoms with Crippen LogP contribution < -0.4 is 10.9 Å². The fourth-order valence-corrected chi connectivity index (χ4v) is 3.02. The summed E-state index contributed by atoms with van der Waals surface area (Å²) >= 11 is 0. The molecule has 0 saturated carbocycles. The summed E-state index contributed by atoms with van der Waals surface area (Å²) in [5.74, 6) is -0.111. The maximum Gasteiger partial charge on any atom is 0.272 e. The molecule has 1 aromatic heterocycles. The largest absolute Gasteiger partial charge is 0.353 e. The summed E-state index contributed by atoms with van der Waals surface area (Å²) in [5.41, 5.74) is 3.07. The van der Waals surface area contributed by atoms with Crippen molar-refractivity contribution in [3.63, 3.8) is 0 Å². The number of amides is 1. The molecule has 0 spiro atoms. The van der Waals surface area contributed by atoms with E-state index in [1.165, 1.54) is 5.56 Å². The lowest BCUT2D eigenvalue weighted by molar-refractivity contribution is -0.120. The molecule has 3 aromatic rings. The smallest absolute Gasteiger partial charge is 0.272 e. The first kappa shape index (κ1) is 18.6. The highest BCUT2D eigenvalue weighted by Crippen LogP contribution is 2.12. The van der Waals surface area contributed by atoms with Gasteiger partial charge in [0.15, 0.2) is 0 Å². The zero-order valence-electron chi connectivity index (χ0n) is 15.2. The van der Waals surface area contributed by atoms with Crippen molar-refractivity contribution in [1.29, 1.82) is 0 Å².